The molecule has 7 rings (SSSR count). The Morgan fingerprint density at radius 2 is 1.10 bits per heavy atom. The van der Waals surface area contributed by atoms with Gasteiger partial charge in [0, 0.05) is 41.0 Å². The molecule has 2 aromatic carbocycles. The van der Waals surface area contributed by atoms with Gasteiger partial charge >= 0.3 is 0 Å². The van der Waals surface area contributed by atoms with E-state index in [-0.39, 0.29) is 6.61 Å². The fourth-order valence-corrected chi connectivity index (χ4v) is 9.23. The van der Waals surface area contributed by atoms with Crippen molar-refractivity contribution < 1.29 is 5.11 Å². The SMILES string of the molecule is Cc1nc(Cl)c2c(C)cn(-c3c(C)cc(Br)cc3C)c2n1.Cc1nc(N2CCC(CCO)CC2)c2c(C)cn(-c3c(C)cc(Br)cc3C)c2n1. The van der Waals surface area contributed by atoms with Gasteiger partial charge in [0.25, 0.3) is 0 Å². The zero-order valence-electron chi connectivity index (χ0n) is 30.0. The van der Waals surface area contributed by atoms with Gasteiger partial charge in [0.1, 0.15) is 28.3 Å². The molecule has 1 saturated heterocycles. The molecule has 1 N–H and O–H groups in total. The minimum Gasteiger partial charge on any atom is -0.396 e. The lowest BCUT2D eigenvalue weighted by molar-refractivity contribution is 0.240. The molecule has 1 aliphatic rings. The van der Waals surface area contributed by atoms with Crippen molar-refractivity contribution >= 4 is 71.3 Å². The fraction of sp³-hybridized carbons (Fsp3) is 0.385. The molecule has 4 aromatic heterocycles. The summed E-state index contributed by atoms with van der Waals surface area (Å²) in [5, 5.41) is 11.8. The number of anilines is 1. The van der Waals surface area contributed by atoms with E-state index in [9.17, 15) is 5.11 Å². The summed E-state index contributed by atoms with van der Waals surface area (Å²) in [5.41, 5.74) is 11.3. The van der Waals surface area contributed by atoms with Crippen molar-refractivity contribution in [3.8, 4) is 11.4 Å². The van der Waals surface area contributed by atoms with Gasteiger partial charge in [0.15, 0.2) is 5.65 Å². The van der Waals surface area contributed by atoms with Crippen LogP contribution in [0.2, 0.25) is 5.15 Å². The lowest BCUT2D eigenvalue weighted by Crippen LogP contribution is -2.34. The number of benzene rings is 2. The Kier molecular flexibility index (Phi) is 10.8. The van der Waals surface area contributed by atoms with Crippen molar-refractivity contribution in [3.63, 3.8) is 0 Å². The summed E-state index contributed by atoms with van der Waals surface area (Å²) in [4.78, 5) is 21.0. The number of rotatable bonds is 5. The van der Waals surface area contributed by atoms with Crippen LogP contribution in [-0.4, -0.2) is 53.9 Å². The summed E-state index contributed by atoms with van der Waals surface area (Å²) < 4.78 is 6.53. The first-order valence-corrected chi connectivity index (χ1v) is 19.0. The number of aryl methyl sites for hydroxylation is 8. The van der Waals surface area contributed by atoms with Crippen LogP contribution in [0.5, 0.6) is 0 Å². The third-order valence-corrected chi connectivity index (χ3v) is 10.9. The minimum atomic E-state index is 0.287. The minimum absolute atomic E-state index is 0.287. The number of hydrogen-bond donors (Lipinski definition) is 1. The second kappa shape index (κ2) is 14.7. The van der Waals surface area contributed by atoms with Crippen LogP contribution in [-0.2, 0) is 0 Å². The molecule has 0 amide bonds. The average Bonchev–Trinajstić information content (AvgIpc) is 3.52. The van der Waals surface area contributed by atoms with Crippen LogP contribution in [0.3, 0.4) is 0 Å². The van der Waals surface area contributed by atoms with Crippen molar-refractivity contribution in [1.29, 1.82) is 0 Å². The number of aromatic nitrogens is 6. The largest absolute Gasteiger partial charge is 0.396 e. The van der Waals surface area contributed by atoms with Gasteiger partial charge in [0.2, 0.25) is 0 Å². The molecule has 5 heterocycles. The maximum atomic E-state index is 9.25. The Bertz CT molecular complexity index is 2190. The van der Waals surface area contributed by atoms with Crippen molar-refractivity contribution in [3.05, 3.63) is 95.8 Å². The number of fused-ring (bicyclic) bond motifs is 2. The highest BCUT2D eigenvalue weighted by molar-refractivity contribution is 9.10. The van der Waals surface area contributed by atoms with Crippen LogP contribution < -0.4 is 4.90 Å². The molecule has 1 aliphatic heterocycles. The van der Waals surface area contributed by atoms with E-state index in [0.717, 1.165) is 86.3 Å². The van der Waals surface area contributed by atoms with Crippen LogP contribution in [0.15, 0.2) is 45.6 Å². The molecule has 0 unspecified atom stereocenters. The molecule has 0 spiro atoms. The topological polar surface area (TPSA) is 84.9 Å². The van der Waals surface area contributed by atoms with Crippen molar-refractivity contribution in [1.82, 2.24) is 29.1 Å². The highest BCUT2D eigenvalue weighted by Crippen LogP contribution is 2.36. The van der Waals surface area contributed by atoms with Crippen LogP contribution in [0, 0.1) is 61.3 Å². The van der Waals surface area contributed by atoms with E-state index in [1.54, 1.807) is 0 Å². The molecular formula is C39H44Br2ClN7O. The molecule has 8 nitrogen and oxygen atoms in total. The summed E-state index contributed by atoms with van der Waals surface area (Å²) in [7, 11) is 0. The van der Waals surface area contributed by atoms with Gasteiger partial charge in [0.05, 0.1) is 22.1 Å². The van der Waals surface area contributed by atoms with E-state index in [1.165, 1.54) is 33.5 Å². The third-order valence-electron chi connectivity index (χ3n) is 9.68. The first-order chi connectivity index (χ1) is 23.8. The number of aliphatic hydroxyl groups is 1. The molecule has 1 fully saturated rings. The molecule has 0 bridgehead atoms. The third kappa shape index (κ3) is 7.09. The smallest absolute Gasteiger partial charge is 0.150 e. The van der Waals surface area contributed by atoms with E-state index in [1.807, 2.05) is 20.8 Å². The molecule has 0 radical (unpaired) electrons. The van der Waals surface area contributed by atoms with Gasteiger partial charge in [-0.15, -0.1) is 0 Å². The molecule has 0 atom stereocenters. The Hall–Kier alpha value is -3.31. The molecule has 0 saturated carbocycles. The fourth-order valence-electron chi connectivity index (χ4n) is 7.50. The zero-order valence-corrected chi connectivity index (χ0v) is 33.9. The van der Waals surface area contributed by atoms with Gasteiger partial charge in [-0.05, 0) is 138 Å². The number of piperidine rings is 1. The van der Waals surface area contributed by atoms with Crippen molar-refractivity contribution in [2.75, 3.05) is 24.6 Å². The second-order valence-electron chi connectivity index (χ2n) is 13.6. The number of aliphatic hydroxyl groups excluding tert-OH is 1. The van der Waals surface area contributed by atoms with Gasteiger partial charge in [-0.3, -0.25) is 0 Å². The highest BCUT2D eigenvalue weighted by atomic mass is 79.9. The summed E-state index contributed by atoms with van der Waals surface area (Å²) in [6.07, 6.45) is 7.40. The van der Waals surface area contributed by atoms with Crippen LogP contribution in [0.4, 0.5) is 5.82 Å². The molecule has 50 heavy (non-hydrogen) atoms. The number of halogens is 3. The Balaban J connectivity index is 0.000000182. The van der Waals surface area contributed by atoms with Gasteiger partial charge in [-0.1, -0.05) is 43.5 Å². The Morgan fingerprint density at radius 3 is 1.58 bits per heavy atom. The monoisotopic (exact) mass is 819 g/mol. The summed E-state index contributed by atoms with van der Waals surface area (Å²) in [6.45, 7) is 18.8. The van der Waals surface area contributed by atoms with Crippen molar-refractivity contribution in [2.24, 2.45) is 5.92 Å². The lowest BCUT2D eigenvalue weighted by atomic mass is 9.94. The molecule has 11 heteroatoms. The normalized spacial score (nSPS) is 13.7. The number of hydrogen-bond acceptors (Lipinski definition) is 6. The van der Waals surface area contributed by atoms with Crippen molar-refractivity contribution in [2.45, 2.75) is 74.7 Å². The molecule has 6 aromatic rings. The maximum absolute atomic E-state index is 9.25. The summed E-state index contributed by atoms with van der Waals surface area (Å²) >= 11 is 13.5. The standard InChI is InChI=1S/C23H29BrN4O.C16H15BrClN3/c1-14-11-19(24)12-15(2)21(14)28-13-16(3)20-22(25-17(4)26-23(20)28)27-8-5-18(6-9-27)7-10-29;1-8-5-12(17)6-9(2)14(8)21-7-10(3)13-15(18)19-11(4)20-16(13)21/h11-13,18,29H,5-10H2,1-4H3;5-7H,1-4H3. The molecular weight excluding hydrogens is 778 g/mol. The molecule has 0 aliphatic carbocycles. The van der Waals surface area contributed by atoms with Crippen LogP contribution in [0.1, 0.15) is 64.3 Å². The highest BCUT2D eigenvalue weighted by Gasteiger charge is 2.25. The van der Waals surface area contributed by atoms with Gasteiger partial charge in [-0.2, -0.15) is 0 Å². The van der Waals surface area contributed by atoms with Gasteiger partial charge < -0.3 is 19.1 Å². The molecule has 262 valence electrons. The van der Waals surface area contributed by atoms with E-state index in [4.69, 9.17) is 21.6 Å². The van der Waals surface area contributed by atoms with Crippen LogP contribution in [0.25, 0.3) is 33.4 Å². The van der Waals surface area contributed by atoms with Crippen LogP contribution >= 0.6 is 43.5 Å². The Labute approximate surface area is 316 Å². The number of nitrogens with zero attached hydrogens (tertiary/aromatic N) is 7. The predicted molar refractivity (Wildman–Crippen MR) is 213 cm³/mol. The van der Waals surface area contributed by atoms with E-state index >= 15 is 0 Å². The van der Waals surface area contributed by atoms with Gasteiger partial charge in [-0.25, -0.2) is 19.9 Å². The second-order valence-corrected chi connectivity index (χ2v) is 15.8. The quantitative estimate of drug-likeness (QED) is 0.174. The first-order valence-electron chi connectivity index (χ1n) is 17.1. The Morgan fingerprint density at radius 1 is 0.660 bits per heavy atom. The lowest BCUT2D eigenvalue weighted by Gasteiger charge is -2.33. The summed E-state index contributed by atoms with van der Waals surface area (Å²) in [6, 6.07) is 8.53. The predicted octanol–water partition coefficient (Wildman–Crippen LogP) is 10.1. The summed E-state index contributed by atoms with van der Waals surface area (Å²) in [5.74, 6) is 3.16. The average molecular weight is 822 g/mol. The van der Waals surface area contributed by atoms with E-state index < -0.39 is 0 Å². The maximum Gasteiger partial charge on any atom is 0.150 e. The van der Waals surface area contributed by atoms with E-state index in [2.05, 4.69) is 127 Å². The van der Waals surface area contributed by atoms with E-state index in [0.29, 0.717) is 16.9 Å². The zero-order chi connectivity index (χ0) is 36.0. The first kappa shape index (κ1) is 36.5.